The molecule has 0 aromatic carbocycles. The van der Waals surface area contributed by atoms with Crippen LogP contribution in [0.1, 0.15) is 12.8 Å². The van der Waals surface area contributed by atoms with Crippen LogP contribution in [0.2, 0.25) is 0 Å². The summed E-state index contributed by atoms with van der Waals surface area (Å²) >= 11 is 0. The van der Waals surface area contributed by atoms with E-state index in [1.807, 2.05) is 0 Å². The lowest BCUT2D eigenvalue weighted by atomic mass is 10.2. The molecule has 0 saturated carbocycles. The van der Waals surface area contributed by atoms with Crippen molar-refractivity contribution >= 4 is 5.91 Å². The zero-order valence-electron chi connectivity index (χ0n) is 8.16. The predicted octanol–water partition coefficient (Wildman–Crippen LogP) is -0.190. The van der Waals surface area contributed by atoms with E-state index < -0.39 is 0 Å². The van der Waals surface area contributed by atoms with E-state index in [0.717, 1.165) is 19.4 Å². The molecule has 0 radical (unpaired) electrons. The van der Waals surface area contributed by atoms with Crippen LogP contribution in [0.4, 0.5) is 0 Å². The highest BCUT2D eigenvalue weighted by Crippen LogP contribution is 2.09. The van der Waals surface area contributed by atoms with Gasteiger partial charge in [0.25, 0.3) is 0 Å². The molecule has 0 aromatic rings. The van der Waals surface area contributed by atoms with Gasteiger partial charge in [-0.25, -0.2) is 0 Å². The Bertz CT molecular complexity index is 226. The van der Waals surface area contributed by atoms with E-state index in [0.29, 0.717) is 19.3 Å². The number of carbonyl (C=O) groups excluding carboxylic acids is 1. The van der Waals surface area contributed by atoms with Crippen molar-refractivity contribution in [3.8, 4) is 0 Å². The van der Waals surface area contributed by atoms with Crippen LogP contribution in [0.25, 0.3) is 0 Å². The first kappa shape index (κ1) is 9.68. The lowest BCUT2D eigenvalue weighted by Crippen LogP contribution is -2.53. The summed E-state index contributed by atoms with van der Waals surface area (Å²) in [5.74, 6) is 0.0680. The largest absolute Gasteiger partial charge is 0.378 e. The van der Waals surface area contributed by atoms with Gasteiger partial charge < -0.3 is 15.4 Å². The van der Waals surface area contributed by atoms with Crippen molar-refractivity contribution in [2.75, 3.05) is 19.8 Å². The first-order chi connectivity index (χ1) is 6.86. The molecule has 2 aliphatic rings. The van der Waals surface area contributed by atoms with Gasteiger partial charge in [-0.05, 0) is 12.8 Å². The van der Waals surface area contributed by atoms with Crippen molar-refractivity contribution in [1.29, 1.82) is 0 Å². The molecule has 1 fully saturated rings. The third kappa shape index (κ3) is 2.33. The molecule has 1 heterocycles. The number of carbonyl (C=O) groups is 1. The van der Waals surface area contributed by atoms with Gasteiger partial charge in [-0.15, -0.1) is 0 Å². The normalized spacial score (nSPS) is 27.9. The van der Waals surface area contributed by atoms with Gasteiger partial charge >= 0.3 is 0 Å². The lowest BCUT2D eigenvalue weighted by Gasteiger charge is -2.24. The highest BCUT2D eigenvalue weighted by Gasteiger charge is 2.23. The summed E-state index contributed by atoms with van der Waals surface area (Å²) in [6.07, 6.45) is 6.13. The molecule has 1 aliphatic heterocycles. The second-order valence-electron chi connectivity index (χ2n) is 3.73. The van der Waals surface area contributed by atoms with E-state index in [1.165, 1.54) is 0 Å². The molecular formula is C10H16N2O2. The second kappa shape index (κ2) is 4.57. The fourth-order valence-electron chi connectivity index (χ4n) is 1.77. The van der Waals surface area contributed by atoms with Gasteiger partial charge in [0.15, 0.2) is 0 Å². The van der Waals surface area contributed by atoms with Gasteiger partial charge in [-0.1, -0.05) is 12.2 Å². The van der Waals surface area contributed by atoms with Crippen LogP contribution < -0.4 is 10.6 Å². The molecule has 1 saturated heterocycles. The monoisotopic (exact) mass is 196 g/mol. The summed E-state index contributed by atoms with van der Waals surface area (Å²) in [4.78, 5) is 11.7. The van der Waals surface area contributed by atoms with E-state index >= 15 is 0 Å². The zero-order chi connectivity index (χ0) is 9.80. The Hall–Kier alpha value is -0.870. The molecule has 1 unspecified atom stereocenters. The average Bonchev–Trinajstić information content (AvgIpc) is 2.72. The van der Waals surface area contributed by atoms with Crippen molar-refractivity contribution in [3.05, 3.63) is 12.2 Å². The molecule has 0 spiro atoms. The van der Waals surface area contributed by atoms with E-state index in [1.54, 1.807) is 0 Å². The lowest BCUT2D eigenvalue weighted by molar-refractivity contribution is -0.126. The number of rotatable bonds is 2. The summed E-state index contributed by atoms with van der Waals surface area (Å²) in [5.41, 5.74) is 0. The van der Waals surface area contributed by atoms with Gasteiger partial charge in [0, 0.05) is 12.6 Å². The van der Waals surface area contributed by atoms with Crippen molar-refractivity contribution in [3.63, 3.8) is 0 Å². The molecule has 4 heteroatoms. The maximum Gasteiger partial charge on any atom is 0.239 e. The maximum atomic E-state index is 11.7. The van der Waals surface area contributed by atoms with Crippen molar-refractivity contribution < 1.29 is 9.53 Å². The zero-order valence-corrected chi connectivity index (χ0v) is 8.16. The van der Waals surface area contributed by atoms with Gasteiger partial charge in [0.05, 0.1) is 13.2 Å². The third-order valence-electron chi connectivity index (χ3n) is 2.59. The molecule has 0 bridgehead atoms. The Morgan fingerprint density at radius 1 is 1.43 bits per heavy atom. The number of nitrogens with one attached hydrogen (secondary N) is 2. The SMILES string of the molecule is O=C(NC1CC=CC1)C1COCCN1. The minimum atomic E-state index is -0.163. The van der Waals surface area contributed by atoms with Crippen molar-refractivity contribution in [2.24, 2.45) is 0 Å². The van der Waals surface area contributed by atoms with Crippen LogP contribution in [0.15, 0.2) is 12.2 Å². The molecule has 1 aliphatic carbocycles. The number of hydrogen-bond donors (Lipinski definition) is 2. The van der Waals surface area contributed by atoms with Crippen LogP contribution in [0, 0.1) is 0 Å². The smallest absolute Gasteiger partial charge is 0.239 e. The van der Waals surface area contributed by atoms with Crippen LogP contribution >= 0.6 is 0 Å². The molecule has 2 N–H and O–H groups in total. The second-order valence-corrected chi connectivity index (χ2v) is 3.73. The topological polar surface area (TPSA) is 50.4 Å². The Labute approximate surface area is 83.7 Å². The van der Waals surface area contributed by atoms with Gasteiger partial charge in [-0.2, -0.15) is 0 Å². The summed E-state index contributed by atoms with van der Waals surface area (Å²) in [6, 6.07) is 0.135. The first-order valence-electron chi connectivity index (χ1n) is 5.13. The van der Waals surface area contributed by atoms with Crippen LogP contribution in [0.5, 0.6) is 0 Å². The van der Waals surface area contributed by atoms with Gasteiger partial charge in [0.1, 0.15) is 6.04 Å². The van der Waals surface area contributed by atoms with Crippen LogP contribution in [-0.2, 0) is 9.53 Å². The fourth-order valence-corrected chi connectivity index (χ4v) is 1.77. The Morgan fingerprint density at radius 2 is 2.21 bits per heavy atom. The Kier molecular flexibility index (Phi) is 3.16. The molecular weight excluding hydrogens is 180 g/mol. The highest BCUT2D eigenvalue weighted by molar-refractivity contribution is 5.82. The van der Waals surface area contributed by atoms with E-state index in [4.69, 9.17) is 4.74 Å². The summed E-state index contributed by atoms with van der Waals surface area (Å²) in [6.45, 7) is 1.96. The molecule has 1 amide bonds. The summed E-state index contributed by atoms with van der Waals surface area (Å²) < 4.78 is 5.23. The van der Waals surface area contributed by atoms with E-state index in [9.17, 15) is 4.79 Å². The Balaban J connectivity index is 1.76. The molecule has 14 heavy (non-hydrogen) atoms. The molecule has 0 aromatic heterocycles. The van der Waals surface area contributed by atoms with Gasteiger partial charge in [-0.3, -0.25) is 4.79 Å². The highest BCUT2D eigenvalue weighted by atomic mass is 16.5. The average molecular weight is 196 g/mol. The number of hydrogen-bond acceptors (Lipinski definition) is 3. The number of amides is 1. The molecule has 78 valence electrons. The third-order valence-corrected chi connectivity index (χ3v) is 2.59. The van der Waals surface area contributed by atoms with Crippen LogP contribution in [-0.4, -0.2) is 37.7 Å². The quantitative estimate of drug-likeness (QED) is 0.602. The van der Waals surface area contributed by atoms with Crippen LogP contribution in [0.3, 0.4) is 0 Å². The summed E-state index contributed by atoms with van der Waals surface area (Å²) in [7, 11) is 0. The van der Waals surface area contributed by atoms with E-state index in [-0.39, 0.29) is 11.9 Å². The molecule has 4 nitrogen and oxygen atoms in total. The minimum Gasteiger partial charge on any atom is -0.378 e. The molecule has 1 atom stereocenters. The maximum absolute atomic E-state index is 11.7. The first-order valence-corrected chi connectivity index (χ1v) is 5.13. The van der Waals surface area contributed by atoms with Crippen molar-refractivity contribution in [2.45, 2.75) is 24.9 Å². The predicted molar refractivity (Wildman–Crippen MR) is 52.9 cm³/mol. The minimum absolute atomic E-state index is 0.0680. The molecule has 2 rings (SSSR count). The number of morpholine rings is 1. The number of ether oxygens (including phenoxy) is 1. The standard InChI is InChI=1S/C10H16N2O2/c13-10(9-7-14-6-5-11-9)12-8-3-1-2-4-8/h1-2,8-9,11H,3-7H2,(H,12,13). The van der Waals surface area contributed by atoms with Crippen molar-refractivity contribution in [1.82, 2.24) is 10.6 Å². The van der Waals surface area contributed by atoms with Gasteiger partial charge in [0.2, 0.25) is 5.91 Å². The fraction of sp³-hybridized carbons (Fsp3) is 0.700. The Morgan fingerprint density at radius 3 is 2.86 bits per heavy atom. The van der Waals surface area contributed by atoms with E-state index in [2.05, 4.69) is 22.8 Å². The summed E-state index contributed by atoms with van der Waals surface area (Å²) in [5, 5.41) is 6.14.